The van der Waals surface area contributed by atoms with Crippen molar-refractivity contribution in [3.8, 4) is 44.9 Å². The quantitative estimate of drug-likeness (QED) is 0.0108. The average Bonchev–Trinajstić information content (AvgIpc) is 0.743. The van der Waals surface area contributed by atoms with Gasteiger partial charge in [-0.15, -0.1) is 43.0 Å². The number of hydrogen-bond acceptors (Lipinski definition) is 20. The van der Waals surface area contributed by atoms with Crippen molar-refractivity contribution < 1.29 is 146 Å². The first-order valence-corrected chi connectivity index (χ1v) is 53.2. The van der Waals surface area contributed by atoms with Crippen LogP contribution in [-0.2, 0) is 112 Å². The summed E-state index contributed by atoms with van der Waals surface area (Å²) in [4.78, 5) is 6.52. The predicted molar refractivity (Wildman–Crippen MR) is 548 cm³/mol. The van der Waals surface area contributed by atoms with Crippen LogP contribution in [-0.4, -0.2) is 87.9 Å². The number of sulfonamides is 2. The van der Waals surface area contributed by atoms with E-state index in [1.54, 1.807) is 73.7 Å². The second-order valence-corrected chi connectivity index (χ2v) is 39.4. The monoisotopic (exact) mass is 2010 g/mol. The maximum Gasteiger partial charge on any atom is 1.00 e. The van der Waals surface area contributed by atoms with E-state index in [0.717, 1.165) is 109 Å². The topological polar surface area (TPSA) is 393 Å². The summed E-state index contributed by atoms with van der Waals surface area (Å²) in [6.45, 7) is 35.4. The molecule has 0 spiro atoms. The zero-order valence-corrected chi connectivity index (χ0v) is 90.1. The van der Waals surface area contributed by atoms with Crippen LogP contribution < -0.4 is 99.9 Å². The molecule has 24 nitrogen and oxygen atoms in total. The fraction of sp³-hybridized carbons (Fsp3) is 0.283. The Morgan fingerprint density at radius 1 is 0.377 bits per heavy atom. The van der Waals surface area contributed by atoms with Crippen LogP contribution >= 0.6 is 0 Å². The van der Waals surface area contributed by atoms with Gasteiger partial charge >= 0.3 is 69.7 Å². The maximum absolute atomic E-state index is 12.5. The molecule has 0 amide bonds. The first-order valence-electron chi connectivity index (χ1n) is 44.2. The minimum Gasteiger partial charge on any atom is -0.744 e. The molecule has 2 heterocycles. The molecule has 10 aromatic rings. The molecule has 2 aliphatic heterocycles. The molecule has 14 rings (SSSR count). The minimum atomic E-state index is -4.76. The van der Waals surface area contributed by atoms with E-state index in [1.165, 1.54) is 104 Å². The number of hydrogen-bond donors (Lipinski definition) is 6. The van der Waals surface area contributed by atoms with Crippen LogP contribution in [0.2, 0.25) is 0 Å². The molecule has 10 aromatic carbocycles. The molecule has 138 heavy (non-hydrogen) atoms. The number of rotatable bonds is 24. The Bertz CT molecular complexity index is 7040. The fourth-order valence-corrected chi connectivity index (χ4v) is 18.3. The Labute approximate surface area is 862 Å². The normalized spacial score (nSPS) is 11.5. The van der Waals surface area contributed by atoms with Gasteiger partial charge in [0.15, 0.2) is 0 Å². The summed E-state index contributed by atoms with van der Waals surface area (Å²) in [5.74, 6) is 1.14. The third-order valence-corrected chi connectivity index (χ3v) is 25.6. The van der Waals surface area contributed by atoms with Gasteiger partial charge in [0.1, 0.15) is 53.0 Å². The molecular weight excluding hydrogens is 1880 g/mol. The Hall–Kier alpha value is -10.1. The third-order valence-electron chi connectivity index (χ3n) is 21.6. The van der Waals surface area contributed by atoms with Crippen molar-refractivity contribution in [1.29, 1.82) is 0 Å². The van der Waals surface area contributed by atoms with E-state index in [4.69, 9.17) is 21.5 Å². The van der Waals surface area contributed by atoms with Gasteiger partial charge in [-0.05, 0) is 211 Å². The molecule has 726 valence electrons. The van der Waals surface area contributed by atoms with Crippen molar-refractivity contribution in [2.24, 2.45) is 0 Å². The van der Waals surface area contributed by atoms with E-state index in [0.29, 0.717) is 83.7 Å². The zero-order chi connectivity index (χ0) is 99.1. The molecule has 32 heteroatoms. The van der Waals surface area contributed by atoms with E-state index in [9.17, 15) is 55.7 Å². The second-order valence-electron chi connectivity index (χ2n) is 31.3. The van der Waals surface area contributed by atoms with Crippen LogP contribution in [0.25, 0.3) is 79.0 Å². The van der Waals surface area contributed by atoms with Crippen LogP contribution in [0, 0.1) is 40.7 Å². The summed E-state index contributed by atoms with van der Waals surface area (Å²) in [5, 5.41) is 10.4. The molecule has 0 bridgehead atoms. The first kappa shape index (κ1) is 120. The summed E-state index contributed by atoms with van der Waals surface area (Å²) in [6.07, 6.45) is 12.4. The number of aryl methyl sites for hydroxylation is 13. The molecule has 0 unspecified atom stereocenters. The average molecular weight is 2010 g/mol. The summed E-state index contributed by atoms with van der Waals surface area (Å²) < 4.78 is 194. The molecule has 0 aromatic heterocycles. The fourth-order valence-electron chi connectivity index (χ4n) is 15.7. The summed E-state index contributed by atoms with van der Waals surface area (Å²) in [5.41, 5.74) is 27.4. The Morgan fingerprint density at radius 3 is 1.01 bits per heavy atom. The van der Waals surface area contributed by atoms with Crippen molar-refractivity contribution in [3.63, 3.8) is 0 Å². The predicted octanol–water partition coefficient (Wildman–Crippen LogP) is 13.8. The standard InChI is InChI=1S/2C41H42N2O4S.C16H16NO5S2.C2H7NO2S.2C2H6.2CH4.2Na.O3S/c2*1-7-27-19-25(5)20-28(8-2)40(27)42-31-15-17-33-36(23-31)47-37-24-32(43-41-29(9-3)21-26(6)22-30(41)10-4)16-18-34(37)39(33)35-13-11-12-14-38(35)48(44,45)46;1-12-3-7-14(16(11-12)24(20,21)22)8-4-13-5-9-15(10-6-13)17-23(2,18)19;1-3-6(2,4)5;2*1-2;;;;;1-4(2)3/h2*11-24,42H,7-10H2,1-6H3,(H,44,45,46);3-5,7-11,17H,1-2H3,(H,20,21,22);3H,1-2H3;2*1-2H3;2*1H4;;;/q;;-1;;;;;;2*+1;/p-1. The van der Waals surface area contributed by atoms with Crippen LogP contribution in [0.5, 0.6) is 0 Å². The molecule has 0 saturated carbocycles. The maximum atomic E-state index is 12.5. The molecule has 0 radical (unpaired) electrons. The van der Waals surface area contributed by atoms with Crippen molar-refractivity contribution in [1.82, 2.24) is 4.72 Å². The van der Waals surface area contributed by atoms with Crippen molar-refractivity contribution in [3.05, 3.63) is 306 Å². The number of nitrogens with one attached hydrogen (secondary N) is 6. The van der Waals surface area contributed by atoms with Gasteiger partial charge in [-0.3, -0.25) is 0 Å². The molecule has 0 atom stereocenters. The molecule has 0 saturated heterocycles. The van der Waals surface area contributed by atoms with Crippen LogP contribution in [0.1, 0.15) is 181 Å². The molecule has 2 aliphatic carbocycles. The summed E-state index contributed by atoms with van der Waals surface area (Å²) in [6, 6.07) is 66.1. The van der Waals surface area contributed by atoms with E-state index >= 15 is 0 Å². The molecular formula is C106H126N6Na2O18S6. The third kappa shape index (κ3) is 32.5. The largest absolute Gasteiger partial charge is 1.00 e. The number of anilines is 5. The Morgan fingerprint density at radius 2 is 0.703 bits per heavy atom. The van der Waals surface area contributed by atoms with Crippen molar-refractivity contribution in [2.75, 3.05) is 34.9 Å². The van der Waals surface area contributed by atoms with Gasteiger partial charge in [0.05, 0.1) is 39.3 Å². The van der Waals surface area contributed by atoms with E-state index in [-0.39, 0.29) is 94.2 Å². The van der Waals surface area contributed by atoms with Crippen LogP contribution in [0.15, 0.2) is 230 Å². The van der Waals surface area contributed by atoms with Gasteiger partial charge in [-0.1, -0.05) is 199 Å². The van der Waals surface area contributed by atoms with Gasteiger partial charge in [0, 0.05) is 113 Å². The van der Waals surface area contributed by atoms with Gasteiger partial charge < -0.3 is 37.8 Å². The molecule has 6 N–H and O–H groups in total. The molecule has 4 aliphatic rings. The Kier molecular flexibility index (Phi) is 47.1. The smallest absolute Gasteiger partial charge is 0.744 e. The summed E-state index contributed by atoms with van der Waals surface area (Å²) >= 11 is 0. The zero-order valence-electron chi connectivity index (χ0n) is 81.2. The number of benzene rings is 12. The van der Waals surface area contributed by atoms with Crippen LogP contribution in [0.3, 0.4) is 0 Å². The SMILES string of the molecule is C.C.CC.CC.CCc1cc(C)cc(CC)c1Nc1ccc2c(-c3ccccc3S(=O)(=O)[O-])c3ccc(=[NH+]c4c(CC)cc(C)cc4CC)cc-3oc2c1.CCc1cc(C)cc(CC)c1Nc1ccc2c(-c3ccccc3S(=O)(=O)[O-])c3ccc(=[NH+]c4c(CC)cc(C)cc4CC)cc-3oc2c1.CNS(C)(=O)=O.Cc1ccc(C=Cc2[c-]cc(NS(C)(=O)=O)cc2)c(S(=O)(=O)[O-])c1.O=S(=O)=O.[Na+].[Na+]. The minimum absolute atomic E-state index is 0. The number of fused-ring (bicyclic) bond motifs is 4. The van der Waals surface area contributed by atoms with E-state index in [2.05, 4.69) is 168 Å². The van der Waals surface area contributed by atoms with E-state index in [1.807, 2.05) is 100 Å². The van der Waals surface area contributed by atoms with Gasteiger partial charge in [0.25, 0.3) is 0 Å². The van der Waals surface area contributed by atoms with E-state index < -0.39 is 61.0 Å². The molecule has 0 fully saturated rings. The van der Waals surface area contributed by atoms with Crippen LogP contribution in [0.4, 0.5) is 39.8 Å². The Balaban J connectivity index is 0.000000415. The van der Waals surface area contributed by atoms with Gasteiger partial charge in [0.2, 0.25) is 42.1 Å². The van der Waals surface area contributed by atoms with Gasteiger partial charge in [-0.25, -0.2) is 56.8 Å². The second kappa shape index (κ2) is 54.1. The van der Waals surface area contributed by atoms with Gasteiger partial charge in [-0.2, -0.15) is 5.56 Å². The van der Waals surface area contributed by atoms with Crippen molar-refractivity contribution >= 4 is 135 Å². The first-order chi connectivity index (χ1) is 63.4. The van der Waals surface area contributed by atoms with Crippen molar-refractivity contribution in [2.45, 2.75) is 199 Å². The summed E-state index contributed by atoms with van der Waals surface area (Å²) in [7, 11) is -22.1.